The number of hydrogen-bond donors (Lipinski definition) is 4. The number of hydrogen-bond acceptors (Lipinski definition) is 8. The first-order chi connectivity index (χ1) is 21.7. The van der Waals surface area contributed by atoms with Gasteiger partial charge in [0.2, 0.25) is 0 Å². The molecule has 0 radical (unpaired) electrons. The Kier molecular flexibility index (Phi) is 8.44. The molecule has 230 valence electrons. The Balaban J connectivity index is 1.27. The van der Waals surface area contributed by atoms with Crippen molar-refractivity contribution < 1.29 is 15.0 Å². The highest BCUT2D eigenvalue weighted by molar-refractivity contribution is 6.05. The quantitative estimate of drug-likeness (QED) is 0.201. The fourth-order valence-corrected chi connectivity index (χ4v) is 5.97. The van der Waals surface area contributed by atoms with Gasteiger partial charge in [-0.25, -0.2) is 4.98 Å². The van der Waals surface area contributed by atoms with Crippen LogP contribution in [0.15, 0.2) is 78.0 Å². The summed E-state index contributed by atoms with van der Waals surface area (Å²) in [4.78, 5) is 37.6. The monoisotopic (exact) mass is 604 g/mol. The van der Waals surface area contributed by atoms with Gasteiger partial charge in [0.15, 0.2) is 5.82 Å². The van der Waals surface area contributed by atoms with E-state index in [4.69, 9.17) is 0 Å². The molecule has 1 amide bonds. The van der Waals surface area contributed by atoms with Gasteiger partial charge in [-0.15, -0.1) is 0 Å². The number of aromatic nitrogens is 3. The molecule has 1 aliphatic rings. The highest BCUT2D eigenvalue weighted by Gasteiger charge is 2.22. The fourth-order valence-electron chi connectivity index (χ4n) is 5.97. The number of anilines is 3. The van der Waals surface area contributed by atoms with E-state index in [-0.39, 0.29) is 23.8 Å². The molecule has 1 saturated heterocycles. The number of pyridine rings is 3. The summed E-state index contributed by atoms with van der Waals surface area (Å²) in [6.45, 7) is 5.80. The van der Waals surface area contributed by atoms with Gasteiger partial charge < -0.3 is 25.4 Å². The van der Waals surface area contributed by atoms with Crippen LogP contribution in [-0.4, -0.2) is 54.7 Å². The van der Waals surface area contributed by atoms with Gasteiger partial charge in [0.25, 0.3) is 11.5 Å². The summed E-state index contributed by atoms with van der Waals surface area (Å²) in [5.41, 5.74) is 7.24. The minimum absolute atomic E-state index is 0.0734. The molecule has 10 heteroatoms. The van der Waals surface area contributed by atoms with Gasteiger partial charge in [-0.2, -0.15) is 0 Å². The molecule has 6 rings (SSSR count). The van der Waals surface area contributed by atoms with Crippen LogP contribution in [0.4, 0.5) is 17.2 Å². The lowest BCUT2D eigenvalue weighted by molar-refractivity contribution is 0.102. The van der Waals surface area contributed by atoms with Gasteiger partial charge in [-0.05, 0) is 84.0 Å². The molecular weight excluding hydrogens is 568 g/mol. The normalized spacial score (nSPS) is 15.0. The average Bonchev–Trinajstić information content (AvgIpc) is 3.44. The lowest BCUT2D eigenvalue weighted by Gasteiger charge is -2.18. The van der Waals surface area contributed by atoms with E-state index in [9.17, 15) is 19.8 Å². The number of β-amino-alcohol motifs (C(OH)–C–C–N with tert-alkyl or cyclic N) is 1. The average molecular weight is 605 g/mol. The van der Waals surface area contributed by atoms with Crippen molar-refractivity contribution in [2.45, 2.75) is 39.5 Å². The van der Waals surface area contributed by atoms with Crippen LogP contribution in [0, 0.1) is 13.8 Å². The Morgan fingerprint density at radius 3 is 2.44 bits per heavy atom. The van der Waals surface area contributed by atoms with Crippen molar-refractivity contribution in [1.29, 1.82) is 0 Å². The van der Waals surface area contributed by atoms with E-state index in [2.05, 4.69) is 25.5 Å². The van der Waals surface area contributed by atoms with Crippen molar-refractivity contribution in [2.24, 2.45) is 7.05 Å². The minimum Gasteiger partial charge on any atom is -0.392 e. The van der Waals surface area contributed by atoms with Crippen LogP contribution < -0.4 is 16.2 Å². The molecule has 5 aromatic rings. The van der Waals surface area contributed by atoms with Crippen LogP contribution in [0.2, 0.25) is 0 Å². The van der Waals surface area contributed by atoms with Gasteiger partial charge in [0.1, 0.15) is 11.1 Å². The lowest BCUT2D eigenvalue weighted by Crippen LogP contribution is -2.29. The number of aryl methyl sites for hydroxylation is 1. The predicted octanol–water partition coefficient (Wildman–Crippen LogP) is 4.67. The zero-order valence-corrected chi connectivity index (χ0v) is 25.5. The van der Waals surface area contributed by atoms with Gasteiger partial charge >= 0.3 is 0 Å². The second-order valence-corrected chi connectivity index (χ2v) is 11.6. The summed E-state index contributed by atoms with van der Waals surface area (Å²) < 4.78 is 1.44. The summed E-state index contributed by atoms with van der Waals surface area (Å²) in [5, 5.41) is 26.7. The molecular formula is C35H36N6O4. The van der Waals surface area contributed by atoms with E-state index in [1.165, 1.54) is 4.57 Å². The maximum atomic E-state index is 13.5. The van der Waals surface area contributed by atoms with Crippen LogP contribution in [0.25, 0.3) is 22.0 Å². The summed E-state index contributed by atoms with van der Waals surface area (Å²) in [6, 6.07) is 17.1. The van der Waals surface area contributed by atoms with Crippen molar-refractivity contribution in [3.8, 4) is 11.1 Å². The van der Waals surface area contributed by atoms with E-state index in [1.807, 2.05) is 62.4 Å². The summed E-state index contributed by atoms with van der Waals surface area (Å²) in [6.07, 6.45) is 5.48. The number of nitrogens with one attached hydrogen (secondary N) is 2. The predicted molar refractivity (Wildman–Crippen MR) is 176 cm³/mol. The third-order valence-electron chi connectivity index (χ3n) is 8.44. The number of fused-ring (bicyclic) bond motifs is 1. The maximum Gasteiger partial charge on any atom is 0.263 e. The molecule has 4 heterocycles. The van der Waals surface area contributed by atoms with Gasteiger partial charge in [-0.3, -0.25) is 19.5 Å². The Morgan fingerprint density at radius 1 is 1.00 bits per heavy atom. The second-order valence-electron chi connectivity index (χ2n) is 11.6. The Morgan fingerprint density at radius 2 is 1.73 bits per heavy atom. The van der Waals surface area contributed by atoms with Crippen LogP contribution in [0.3, 0.4) is 0 Å². The number of carbonyl (C=O) groups excluding carboxylic acids is 1. The third kappa shape index (κ3) is 6.21. The minimum atomic E-state index is -0.467. The van der Waals surface area contributed by atoms with Crippen molar-refractivity contribution in [1.82, 2.24) is 19.4 Å². The number of aliphatic hydroxyl groups excluding tert-OH is 2. The molecule has 4 N–H and O–H groups in total. The molecule has 0 bridgehead atoms. The van der Waals surface area contributed by atoms with E-state index in [0.717, 1.165) is 57.4 Å². The first-order valence-corrected chi connectivity index (χ1v) is 14.9. The molecule has 0 spiro atoms. The summed E-state index contributed by atoms with van der Waals surface area (Å²) in [5.74, 6) is 0.143. The summed E-state index contributed by atoms with van der Waals surface area (Å²) in [7, 11) is 1.65. The van der Waals surface area contributed by atoms with Crippen LogP contribution in [0.1, 0.15) is 39.0 Å². The maximum absolute atomic E-state index is 13.5. The third-order valence-corrected chi connectivity index (χ3v) is 8.44. The smallest absolute Gasteiger partial charge is 0.263 e. The number of rotatable bonds is 8. The van der Waals surface area contributed by atoms with Gasteiger partial charge in [0.05, 0.1) is 12.7 Å². The van der Waals surface area contributed by atoms with Crippen molar-refractivity contribution in [3.05, 3.63) is 111 Å². The topological polar surface area (TPSA) is 133 Å². The number of amides is 1. The Hall–Kier alpha value is -4.90. The standard InChI is InChI=1S/C35H36N6O4/c1-21-27(6-4-8-30(21)38-33-32-25(10-12-36-33)14-23(20-42)16-37-32)28-7-5-9-31(22(28)2)39-34(44)29-15-24(17-40(3)35(29)45)18-41-13-11-26(43)19-41/h4-10,12,14-17,26,42-43H,11,13,18-20H2,1-3H3,(H,36,38)(H,39,44)/t26-/m1/s1. The van der Waals surface area contributed by atoms with Gasteiger partial charge in [0, 0.05) is 62.0 Å². The molecule has 45 heavy (non-hydrogen) atoms. The molecule has 2 aromatic carbocycles. The van der Waals surface area contributed by atoms with Crippen LogP contribution in [-0.2, 0) is 20.2 Å². The van der Waals surface area contributed by atoms with Crippen molar-refractivity contribution >= 4 is 34.0 Å². The molecule has 3 aromatic heterocycles. The molecule has 10 nitrogen and oxygen atoms in total. The summed E-state index contributed by atoms with van der Waals surface area (Å²) >= 11 is 0. The molecule has 0 saturated carbocycles. The molecule has 0 aliphatic carbocycles. The van der Waals surface area contributed by atoms with Crippen molar-refractivity contribution in [2.75, 3.05) is 23.7 Å². The molecule has 1 aliphatic heterocycles. The lowest BCUT2D eigenvalue weighted by atomic mass is 9.94. The highest BCUT2D eigenvalue weighted by atomic mass is 16.3. The first kappa shape index (κ1) is 30.1. The molecule has 1 fully saturated rings. The number of benzene rings is 2. The number of carbonyl (C=O) groups is 1. The second kappa shape index (κ2) is 12.6. The van der Waals surface area contributed by atoms with Crippen LogP contribution >= 0.6 is 0 Å². The van der Waals surface area contributed by atoms with E-state index in [1.54, 1.807) is 31.7 Å². The highest BCUT2D eigenvalue weighted by Crippen LogP contribution is 2.35. The first-order valence-electron chi connectivity index (χ1n) is 14.9. The van der Waals surface area contributed by atoms with E-state index < -0.39 is 5.91 Å². The molecule has 0 unspecified atom stereocenters. The largest absolute Gasteiger partial charge is 0.392 e. The Labute approximate surface area is 261 Å². The van der Waals surface area contributed by atoms with Crippen LogP contribution in [0.5, 0.6) is 0 Å². The van der Waals surface area contributed by atoms with Gasteiger partial charge in [-0.1, -0.05) is 24.3 Å². The number of aliphatic hydroxyl groups is 2. The zero-order chi connectivity index (χ0) is 31.7. The SMILES string of the molecule is Cc1c(NC(=O)c2cc(CN3CC[C@@H](O)C3)cn(C)c2=O)cccc1-c1cccc(Nc2nccc3cc(CO)cnc23)c1C. The fraction of sp³-hybridized carbons (Fsp3) is 0.257. The zero-order valence-electron chi connectivity index (χ0n) is 25.5. The number of likely N-dealkylation sites (tertiary alicyclic amines) is 1. The molecule has 1 atom stereocenters. The van der Waals surface area contributed by atoms with E-state index in [0.29, 0.717) is 30.1 Å². The Bertz CT molecular complexity index is 1970. The van der Waals surface area contributed by atoms with Crippen molar-refractivity contribution in [3.63, 3.8) is 0 Å². The number of nitrogens with zero attached hydrogens (tertiary/aromatic N) is 4. The van der Waals surface area contributed by atoms with E-state index >= 15 is 0 Å².